The van der Waals surface area contributed by atoms with Crippen LogP contribution in [0.25, 0.3) is 11.8 Å². The number of aliphatic hydroxyl groups excluding tert-OH is 1. The molecule has 1 aliphatic carbocycles. The van der Waals surface area contributed by atoms with Gasteiger partial charge in [-0.1, -0.05) is 18.4 Å². The molecule has 3 nitrogen and oxygen atoms in total. The molecule has 1 aromatic carbocycles. The highest BCUT2D eigenvalue weighted by atomic mass is 19.1. The number of hydrogen-bond donors (Lipinski definition) is 1. The summed E-state index contributed by atoms with van der Waals surface area (Å²) in [7, 11) is 0. The zero-order valence-electron chi connectivity index (χ0n) is 13.0. The smallest absolute Gasteiger partial charge is 0.123 e. The first-order valence-electron chi connectivity index (χ1n) is 7.76. The quantitative estimate of drug-likeness (QED) is 0.879. The first kappa shape index (κ1) is 15.5. The van der Waals surface area contributed by atoms with E-state index in [2.05, 4.69) is 24.0 Å². The van der Waals surface area contributed by atoms with Crippen molar-refractivity contribution in [2.24, 2.45) is 5.92 Å². The van der Waals surface area contributed by atoms with Gasteiger partial charge in [-0.05, 0) is 61.1 Å². The Balaban J connectivity index is 1.91. The Morgan fingerprint density at radius 1 is 1.43 bits per heavy atom. The summed E-state index contributed by atoms with van der Waals surface area (Å²) in [6, 6.07) is 6.30. The van der Waals surface area contributed by atoms with Crippen molar-refractivity contribution >= 4 is 6.08 Å². The van der Waals surface area contributed by atoms with Crippen molar-refractivity contribution in [3.05, 3.63) is 53.1 Å². The predicted octanol–water partition coefficient (Wildman–Crippen LogP) is 3.36. The third-order valence-electron chi connectivity index (χ3n) is 4.34. The fraction of sp³-hybridized carbons (Fsp3) is 0.316. The van der Waals surface area contributed by atoms with E-state index >= 15 is 0 Å². The van der Waals surface area contributed by atoms with Gasteiger partial charge in [0.1, 0.15) is 11.9 Å². The molecule has 1 unspecified atom stereocenters. The van der Waals surface area contributed by atoms with Gasteiger partial charge in [0.2, 0.25) is 0 Å². The molecule has 0 amide bonds. The minimum atomic E-state index is -0.702. The first-order valence-corrected chi connectivity index (χ1v) is 7.76. The van der Waals surface area contributed by atoms with Gasteiger partial charge in [-0.25, -0.2) is 9.07 Å². The number of hydrogen-bond acceptors (Lipinski definition) is 2. The second-order valence-corrected chi connectivity index (χ2v) is 5.99. The van der Waals surface area contributed by atoms with Gasteiger partial charge < -0.3 is 5.11 Å². The Kier molecular flexibility index (Phi) is 4.31. The van der Waals surface area contributed by atoms with E-state index in [0.29, 0.717) is 12.3 Å². The van der Waals surface area contributed by atoms with Crippen molar-refractivity contribution < 1.29 is 9.50 Å². The van der Waals surface area contributed by atoms with Gasteiger partial charge in [-0.15, -0.1) is 6.42 Å². The number of nitrogens with zero attached hydrogens (tertiary/aromatic N) is 2. The molecule has 0 bridgehead atoms. The lowest BCUT2D eigenvalue weighted by atomic mass is 9.85. The molecule has 0 fully saturated rings. The molecule has 0 aliphatic heterocycles. The number of allylic oxidation sites excluding steroid dienone is 1. The van der Waals surface area contributed by atoms with Crippen LogP contribution in [-0.2, 0) is 6.42 Å². The van der Waals surface area contributed by atoms with E-state index in [-0.39, 0.29) is 5.82 Å². The molecule has 2 atom stereocenters. The standard InChI is InChI=1S/C19H19FN2O/c1-3-18(23)9-4-14-11-19-15(10-13(14)2)12-21-22(19)17-7-5-16(20)6-8-17/h1,5-8,11-13,18,23H,4,9-10H2,2H3/t13?,18-/m0/s1. The molecule has 23 heavy (non-hydrogen) atoms. The number of rotatable bonds is 4. The number of halogens is 1. The fourth-order valence-electron chi connectivity index (χ4n) is 2.98. The van der Waals surface area contributed by atoms with E-state index in [4.69, 9.17) is 6.42 Å². The van der Waals surface area contributed by atoms with E-state index in [1.807, 2.05) is 10.9 Å². The van der Waals surface area contributed by atoms with Gasteiger partial charge in [0.15, 0.2) is 0 Å². The zero-order valence-corrected chi connectivity index (χ0v) is 13.0. The second-order valence-electron chi connectivity index (χ2n) is 5.99. The maximum atomic E-state index is 13.1. The van der Waals surface area contributed by atoms with Crippen LogP contribution in [-0.4, -0.2) is 21.0 Å². The van der Waals surface area contributed by atoms with Crippen LogP contribution in [0.3, 0.4) is 0 Å². The van der Waals surface area contributed by atoms with Crippen molar-refractivity contribution in [1.82, 2.24) is 9.78 Å². The average Bonchev–Trinajstić information content (AvgIpc) is 2.95. The molecular weight excluding hydrogens is 291 g/mol. The molecule has 2 aromatic rings. The van der Waals surface area contributed by atoms with Crippen molar-refractivity contribution in [3.8, 4) is 18.0 Å². The largest absolute Gasteiger partial charge is 0.380 e. The predicted molar refractivity (Wildman–Crippen MR) is 88.4 cm³/mol. The van der Waals surface area contributed by atoms with Crippen molar-refractivity contribution in [2.45, 2.75) is 32.3 Å². The summed E-state index contributed by atoms with van der Waals surface area (Å²) in [4.78, 5) is 0. The fourth-order valence-corrected chi connectivity index (χ4v) is 2.98. The van der Waals surface area contributed by atoms with E-state index in [0.717, 1.165) is 24.2 Å². The maximum absolute atomic E-state index is 13.1. The summed E-state index contributed by atoms with van der Waals surface area (Å²) >= 11 is 0. The molecule has 4 heteroatoms. The molecule has 0 saturated heterocycles. The van der Waals surface area contributed by atoms with Gasteiger partial charge in [0, 0.05) is 0 Å². The summed E-state index contributed by atoms with van der Waals surface area (Å²) < 4.78 is 14.9. The molecule has 0 spiro atoms. The number of terminal acetylenes is 1. The maximum Gasteiger partial charge on any atom is 0.123 e. The Morgan fingerprint density at radius 3 is 2.87 bits per heavy atom. The number of aromatic nitrogens is 2. The molecule has 118 valence electrons. The number of aliphatic hydroxyl groups is 1. The highest BCUT2D eigenvalue weighted by molar-refractivity contribution is 5.59. The molecule has 0 saturated carbocycles. The van der Waals surface area contributed by atoms with Crippen LogP contribution in [0.1, 0.15) is 31.0 Å². The molecule has 1 aliphatic rings. The third-order valence-corrected chi connectivity index (χ3v) is 4.34. The molecular formula is C19H19FN2O. The van der Waals surface area contributed by atoms with Crippen LogP contribution in [0.15, 0.2) is 36.0 Å². The van der Waals surface area contributed by atoms with Gasteiger partial charge in [-0.3, -0.25) is 0 Å². The minimum absolute atomic E-state index is 0.261. The van der Waals surface area contributed by atoms with E-state index in [9.17, 15) is 9.50 Å². The van der Waals surface area contributed by atoms with Gasteiger partial charge in [0.25, 0.3) is 0 Å². The van der Waals surface area contributed by atoms with Crippen LogP contribution < -0.4 is 0 Å². The second kappa shape index (κ2) is 6.39. The molecule has 1 heterocycles. The Labute approximate surface area is 135 Å². The lowest BCUT2D eigenvalue weighted by Gasteiger charge is -2.22. The summed E-state index contributed by atoms with van der Waals surface area (Å²) in [6.07, 6.45) is 10.8. The monoisotopic (exact) mass is 310 g/mol. The zero-order chi connectivity index (χ0) is 16.4. The summed E-state index contributed by atoms with van der Waals surface area (Å²) in [5.74, 6) is 2.49. The van der Waals surface area contributed by atoms with Crippen molar-refractivity contribution in [1.29, 1.82) is 0 Å². The Bertz CT molecular complexity index is 768. The van der Waals surface area contributed by atoms with Crippen LogP contribution in [0, 0.1) is 24.1 Å². The summed E-state index contributed by atoms with van der Waals surface area (Å²) in [5.41, 5.74) is 4.31. The summed E-state index contributed by atoms with van der Waals surface area (Å²) in [6.45, 7) is 2.17. The lowest BCUT2D eigenvalue weighted by molar-refractivity contribution is 0.221. The van der Waals surface area contributed by atoms with Crippen molar-refractivity contribution in [3.63, 3.8) is 0 Å². The minimum Gasteiger partial charge on any atom is -0.380 e. The number of benzene rings is 1. The van der Waals surface area contributed by atoms with Gasteiger partial charge in [0.05, 0.1) is 17.6 Å². The Hall–Kier alpha value is -2.38. The van der Waals surface area contributed by atoms with E-state index in [1.165, 1.54) is 23.3 Å². The van der Waals surface area contributed by atoms with Gasteiger partial charge in [-0.2, -0.15) is 5.10 Å². The SMILES string of the molecule is C#C[C@H](O)CCC1=Cc2c(cnn2-c2ccc(F)cc2)CC1C. The van der Waals surface area contributed by atoms with Crippen LogP contribution in [0.2, 0.25) is 0 Å². The molecule has 1 aromatic heterocycles. The third kappa shape index (κ3) is 3.20. The summed E-state index contributed by atoms with van der Waals surface area (Å²) in [5, 5.41) is 14.0. The normalized spacial score (nSPS) is 18.0. The van der Waals surface area contributed by atoms with Crippen LogP contribution >= 0.6 is 0 Å². The molecule has 3 rings (SSSR count). The van der Waals surface area contributed by atoms with Crippen molar-refractivity contribution in [2.75, 3.05) is 0 Å². The van der Waals surface area contributed by atoms with E-state index < -0.39 is 6.10 Å². The topological polar surface area (TPSA) is 38.1 Å². The van der Waals surface area contributed by atoms with Gasteiger partial charge >= 0.3 is 0 Å². The average molecular weight is 310 g/mol. The number of fused-ring (bicyclic) bond motifs is 1. The van der Waals surface area contributed by atoms with E-state index in [1.54, 1.807) is 12.1 Å². The first-order chi connectivity index (χ1) is 11.1. The molecule has 0 radical (unpaired) electrons. The van der Waals surface area contributed by atoms with Crippen LogP contribution in [0.4, 0.5) is 4.39 Å². The lowest BCUT2D eigenvalue weighted by Crippen LogP contribution is -2.13. The highest BCUT2D eigenvalue weighted by Gasteiger charge is 2.22. The molecule has 1 N–H and O–H groups in total. The Morgan fingerprint density at radius 2 is 2.17 bits per heavy atom. The van der Waals surface area contributed by atoms with Crippen LogP contribution in [0.5, 0.6) is 0 Å². The highest BCUT2D eigenvalue weighted by Crippen LogP contribution is 2.32.